The summed E-state index contributed by atoms with van der Waals surface area (Å²) in [5.41, 5.74) is 3.00. The van der Waals surface area contributed by atoms with E-state index >= 15 is 0 Å². The highest BCUT2D eigenvalue weighted by molar-refractivity contribution is 6.33. The molecule has 3 heterocycles. The second-order valence-corrected chi connectivity index (χ2v) is 5.20. The van der Waals surface area contributed by atoms with E-state index < -0.39 is 0 Å². The van der Waals surface area contributed by atoms with Crippen LogP contribution in [0.1, 0.15) is 5.56 Å². The molecule has 21 heavy (non-hydrogen) atoms. The summed E-state index contributed by atoms with van der Waals surface area (Å²) in [6.07, 6.45) is 5.29. The molecule has 3 aromatic heterocycles. The molecule has 0 saturated carbocycles. The van der Waals surface area contributed by atoms with Crippen molar-refractivity contribution in [3.8, 4) is 0 Å². The number of halogens is 1. The first-order chi connectivity index (χ1) is 10.3. The van der Waals surface area contributed by atoms with Crippen molar-refractivity contribution >= 4 is 33.5 Å². The van der Waals surface area contributed by atoms with E-state index in [1.807, 2.05) is 30.6 Å². The third-order valence-corrected chi connectivity index (χ3v) is 3.87. The standard InChI is InChI=1S/C16H11ClN4/c17-15-13-6-8-21(16(13)20-10-19-15)9-12-4-1-3-11-5-2-7-18-14(11)12/h1-8,10H,9H2. The Morgan fingerprint density at radius 1 is 1.00 bits per heavy atom. The maximum absolute atomic E-state index is 6.09. The van der Waals surface area contributed by atoms with E-state index in [4.69, 9.17) is 11.6 Å². The lowest BCUT2D eigenvalue weighted by Crippen LogP contribution is -2.01. The maximum atomic E-state index is 6.09. The molecule has 0 radical (unpaired) electrons. The van der Waals surface area contributed by atoms with E-state index in [9.17, 15) is 0 Å². The first-order valence-electron chi connectivity index (χ1n) is 6.61. The van der Waals surface area contributed by atoms with E-state index in [0.29, 0.717) is 11.7 Å². The van der Waals surface area contributed by atoms with Crippen LogP contribution in [0, 0.1) is 0 Å². The normalized spacial score (nSPS) is 11.3. The third-order valence-electron chi connectivity index (χ3n) is 3.56. The van der Waals surface area contributed by atoms with E-state index in [2.05, 4.69) is 37.7 Å². The lowest BCUT2D eigenvalue weighted by molar-refractivity contribution is 0.827. The molecule has 0 atom stereocenters. The predicted octanol–water partition coefficient (Wildman–Crippen LogP) is 3.68. The molecule has 4 rings (SSSR count). The average Bonchev–Trinajstić information content (AvgIpc) is 2.92. The Balaban J connectivity index is 1.85. The lowest BCUT2D eigenvalue weighted by atomic mass is 10.1. The van der Waals surface area contributed by atoms with Crippen molar-refractivity contribution in [2.45, 2.75) is 6.54 Å². The molecule has 0 amide bonds. The molecule has 0 fully saturated rings. The van der Waals surface area contributed by atoms with Crippen molar-refractivity contribution in [1.29, 1.82) is 0 Å². The highest BCUT2D eigenvalue weighted by Crippen LogP contribution is 2.23. The summed E-state index contributed by atoms with van der Waals surface area (Å²) in [5, 5.41) is 2.49. The fourth-order valence-corrected chi connectivity index (χ4v) is 2.77. The molecule has 0 unspecified atom stereocenters. The maximum Gasteiger partial charge on any atom is 0.145 e. The molecule has 0 spiro atoms. The second-order valence-electron chi connectivity index (χ2n) is 4.84. The first kappa shape index (κ1) is 12.3. The Labute approximate surface area is 126 Å². The number of hydrogen-bond donors (Lipinski definition) is 0. The van der Waals surface area contributed by atoms with Crippen molar-refractivity contribution in [2.24, 2.45) is 0 Å². The van der Waals surface area contributed by atoms with Crippen molar-refractivity contribution < 1.29 is 0 Å². The summed E-state index contributed by atoms with van der Waals surface area (Å²) >= 11 is 6.09. The Bertz CT molecular complexity index is 940. The zero-order chi connectivity index (χ0) is 14.2. The highest BCUT2D eigenvalue weighted by atomic mass is 35.5. The van der Waals surface area contributed by atoms with Crippen molar-refractivity contribution in [3.63, 3.8) is 0 Å². The van der Waals surface area contributed by atoms with E-state index in [0.717, 1.165) is 27.5 Å². The summed E-state index contributed by atoms with van der Waals surface area (Å²) in [5.74, 6) is 0. The number of benzene rings is 1. The monoisotopic (exact) mass is 294 g/mol. The van der Waals surface area contributed by atoms with E-state index in [-0.39, 0.29) is 0 Å². The van der Waals surface area contributed by atoms with Crippen molar-refractivity contribution in [3.05, 3.63) is 65.8 Å². The Morgan fingerprint density at radius 3 is 2.86 bits per heavy atom. The highest BCUT2D eigenvalue weighted by Gasteiger charge is 2.08. The van der Waals surface area contributed by atoms with Gasteiger partial charge in [0.2, 0.25) is 0 Å². The van der Waals surface area contributed by atoms with Crippen molar-refractivity contribution in [2.75, 3.05) is 0 Å². The largest absolute Gasteiger partial charge is 0.328 e. The molecule has 0 aliphatic rings. The van der Waals surface area contributed by atoms with Gasteiger partial charge in [0, 0.05) is 17.8 Å². The lowest BCUT2D eigenvalue weighted by Gasteiger charge is -2.08. The molecule has 0 bridgehead atoms. The van der Waals surface area contributed by atoms with Gasteiger partial charge in [0.15, 0.2) is 0 Å². The second kappa shape index (κ2) is 4.82. The van der Waals surface area contributed by atoms with Gasteiger partial charge in [-0.05, 0) is 17.7 Å². The summed E-state index contributed by atoms with van der Waals surface area (Å²) in [4.78, 5) is 12.8. The number of aromatic nitrogens is 4. The van der Waals surface area contributed by atoms with Crippen LogP contribution in [0.4, 0.5) is 0 Å². The van der Waals surface area contributed by atoms with Gasteiger partial charge < -0.3 is 4.57 Å². The minimum atomic E-state index is 0.481. The van der Waals surface area contributed by atoms with Crippen LogP contribution in [-0.4, -0.2) is 19.5 Å². The van der Waals surface area contributed by atoms with Gasteiger partial charge in [0.1, 0.15) is 17.1 Å². The SMILES string of the molecule is Clc1ncnc2c1ccn2Cc1cccc2cccnc12. The molecular formula is C16H11ClN4. The van der Waals surface area contributed by atoms with Gasteiger partial charge in [0.25, 0.3) is 0 Å². The number of para-hydroxylation sites is 1. The van der Waals surface area contributed by atoms with Gasteiger partial charge in [-0.3, -0.25) is 4.98 Å². The molecule has 1 aromatic carbocycles. The Morgan fingerprint density at radius 2 is 1.90 bits per heavy atom. The number of fused-ring (bicyclic) bond motifs is 2. The van der Waals surface area contributed by atoms with Crippen LogP contribution in [0.25, 0.3) is 21.9 Å². The van der Waals surface area contributed by atoms with Gasteiger partial charge in [-0.25, -0.2) is 9.97 Å². The zero-order valence-electron chi connectivity index (χ0n) is 11.1. The van der Waals surface area contributed by atoms with Crippen LogP contribution in [0.2, 0.25) is 5.15 Å². The van der Waals surface area contributed by atoms with Crippen LogP contribution in [0.15, 0.2) is 55.1 Å². The Hall–Kier alpha value is -2.46. The Kier molecular flexibility index (Phi) is 2.82. The topological polar surface area (TPSA) is 43.6 Å². The average molecular weight is 295 g/mol. The van der Waals surface area contributed by atoms with Crippen LogP contribution < -0.4 is 0 Å². The number of hydrogen-bond acceptors (Lipinski definition) is 3. The van der Waals surface area contributed by atoms with E-state index in [1.54, 1.807) is 0 Å². The predicted molar refractivity (Wildman–Crippen MR) is 83.4 cm³/mol. The van der Waals surface area contributed by atoms with Crippen LogP contribution in [0.5, 0.6) is 0 Å². The molecule has 0 N–H and O–H groups in total. The molecular weight excluding hydrogens is 284 g/mol. The quantitative estimate of drug-likeness (QED) is 0.530. The molecule has 102 valence electrons. The van der Waals surface area contributed by atoms with Crippen LogP contribution in [0.3, 0.4) is 0 Å². The summed E-state index contributed by atoms with van der Waals surface area (Å²) in [7, 11) is 0. The number of rotatable bonds is 2. The fourth-order valence-electron chi connectivity index (χ4n) is 2.58. The summed E-state index contributed by atoms with van der Waals surface area (Å²) in [6, 6.07) is 12.2. The minimum Gasteiger partial charge on any atom is -0.328 e. The fraction of sp³-hybridized carbons (Fsp3) is 0.0625. The molecule has 5 heteroatoms. The molecule has 4 nitrogen and oxygen atoms in total. The van der Waals surface area contributed by atoms with Gasteiger partial charge in [-0.1, -0.05) is 35.9 Å². The van der Waals surface area contributed by atoms with Crippen LogP contribution in [-0.2, 0) is 6.54 Å². The zero-order valence-corrected chi connectivity index (χ0v) is 11.8. The van der Waals surface area contributed by atoms with Gasteiger partial charge >= 0.3 is 0 Å². The number of pyridine rings is 1. The van der Waals surface area contributed by atoms with Gasteiger partial charge in [0.05, 0.1) is 17.4 Å². The summed E-state index contributed by atoms with van der Waals surface area (Å²) in [6.45, 7) is 0.700. The van der Waals surface area contributed by atoms with Crippen molar-refractivity contribution in [1.82, 2.24) is 19.5 Å². The smallest absolute Gasteiger partial charge is 0.145 e. The summed E-state index contributed by atoms with van der Waals surface area (Å²) < 4.78 is 2.06. The molecule has 0 aliphatic carbocycles. The van der Waals surface area contributed by atoms with E-state index in [1.165, 1.54) is 6.33 Å². The van der Waals surface area contributed by atoms with Crippen LogP contribution >= 0.6 is 11.6 Å². The first-order valence-corrected chi connectivity index (χ1v) is 6.99. The molecule has 0 aliphatic heterocycles. The minimum absolute atomic E-state index is 0.481. The molecule has 4 aromatic rings. The van der Waals surface area contributed by atoms with Gasteiger partial charge in [-0.15, -0.1) is 0 Å². The third kappa shape index (κ3) is 2.04. The van der Waals surface area contributed by atoms with Gasteiger partial charge in [-0.2, -0.15) is 0 Å². The molecule has 0 saturated heterocycles. The number of nitrogens with zero attached hydrogens (tertiary/aromatic N) is 4.